The van der Waals surface area contributed by atoms with E-state index in [0.717, 1.165) is 12.2 Å². The van der Waals surface area contributed by atoms with Crippen LogP contribution in [0.4, 0.5) is 0 Å². The van der Waals surface area contributed by atoms with E-state index >= 15 is 0 Å². The number of benzene rings is 1. The van der Waals surface area contributed by atoms with Crippen molar-refractivity contribution in [3.8, 4) is 6.07 Å². The summed E-state index contributed by atoms with van der Waals surface area (Å²) in [5.41, 5.74) is 0.701. The third kappa shape index (κ3) is 2.77. The maximum atomic E-state index is 8.80. The molecule has 0 spiro atoms. The number of methoxy groups -OCH3 is 1. The van der Waals surface area contributed by atoms with Crippen LogP contribution < -0.4 is 0 Å². The van der Waals surface area contributed by atoms with E-state index < -0.39 is 0 Å². The first-order valence-electron chi connectivity index (χ1n) is 6.27. The van der Waals surface area contributed by atoms with Crippen LogP contribution in [0.2, 0.25) is 0 Å². The minimum Gasteiger partial charge on any atom is -0.379 e. The van der Waals surface area contributed by atoms with Gasteiger partial charge in [-0.1, -0.05) is 0 Å². The fourth-order valence-corrected chi connectivity index (χ4v) is 5.30. The molecule has 5 heteroatoms. The predicted octanol–water partition coefficient (Wildman–Crippen LogP) is 2.90. The van der Waals surface area contributed by atoms with Gasteiger partial charge >= 0.3 is 0 Å². The zero-order valence-electron chi connectivity index (χ0n) is 10.6. The topological polar surface area (TPSA) is 42.2 Å². The molecule has 2 aliphatic rings. The fourth-order valence-electron chi connectivity index (χ4n) is 2.48. The van der Waals surface area contributed by atoms with Crippen LogP contribution in [-0.4, -0.2) is 35.8 Å². The van der Waals surface area contributed by atoms with E-state index in [4.69, 9.17) is 14.7 Å². The molecule has 0 saturated carbocycles. The summed E-state index contributed by atoms with van der Waals surface area (Å²) in [4.78, 5) is 1.18. The molecular formula is C14H15NO2S2. The van der Waals surface area contributed by atoms with E-state index in [9.17, 15) is 0 Å². The van der Waals surface area contributed by atoms with E-state index in [0.29, 0.717) is 16.2 Å². The number of hydrogen-bond acceptors (Lipinski definition) is 5. The summed E-state index contributed by atoms with van der Waals surface area (Å²) in [6, 6.07) is 9.88. The molecule has 3 rings (SSSR count). The number of thioether (sulfide) groups is 2. The van der Waals surface area contributed by atoms with Gasteiger partial charge in [-0.05, 0) is 24.3 Å². The van der Waals surface area contributed by atoms with Gasteiger partial charge in [0.25, 0.3) is 0 Å². The Kier molecular flexibility index (Phi) is 4.04. The van der Waals surface area contributed by atoms with E-state index in [1.165, 1.54) is 4.90 Å². The molecule has 0 unspecified atom stereocenters. The molecule has 1 aromatic rings. The normalized spacial score (nSPS) is 33.1. The predicted molar refractivity (Wildman–Crippen MR) is 77.3 cm³/mol. The maximum absolute atomic E-state index is 8.80. The van der Waals surface area contributed by atoms with Crippen molar-refractivity contribution >= 4 is 23.5 Å². The van der Waals surface area contributed by atoms with Crippen molar-refractivity contribution in [1.29, 1.82) is 5.26 Å². The van der Waals surface area contributed by atoms with Crippen LogP contribution in [0.3, 0.4) is 0 Å². The van der Waals surface area contributed by atoms with E-state index in [2.05, 4.69) is 6.07 Å². The third-order valence-electron chi connectivity index (χ3n) is 3.46. The minimum absolute atomic E-state index is 0.175. The Morgan fingerprint density at radius 1 is 1.42 bits per heavy atom. The van der Waals surface area contributed by atoms with Crippen LogP contribution in [0, 0.1) is 11.3 Å². The van der Waals surface area contributed by atoms with Gasteiger partial charge in [0.05, 0.1) is 28.4 Å². The molecule has 2 bridgehead atoms. The summed E-state index contributed by atoms with van der Waals surface area (Å²) < 4.78 is 11.9. The summed E-state index contributed by atoms with van der Waals surface area (Å²) in [6.45, 7) is 0. The quantitative estimate of drug-likeness (QED) is 0.857. The lowest BCUT2D eigenvalue weighted by atomic mass is 10.2. The molecule has 4 atom stereocenters. The lowest BCUT2D eigenvalue weighted by molar-refractivity contribution is 0.00584. The third-order valence-corrected chi connectivity index (χ3v) is 6.37. The molecule has 1 aromatic carbocycles. The Morgan fingerprint density at radius 3 is 2.89 bits per heavy atom. The van der Waals surface area contributed by atoms with Gasteiger partial charge in [-0.25, -0.2) is 0 Å². The highest BCUT2D eigenvalue weighted by molar-refractivity contribution is 8.17. The monoisotopic (exact) mass is 293 g/mol. The highest BCUT2D eigenvalue weighted by Crippen LogP contribution is 2.45. The Morgan fingerprint density at radius 2 is 2.21 bits per heavy atom. The van der Waals surface area contributed by atoms with Crippen LogP contribution >= 0.6 is 23.5 Å². The van der Waals surface area contributed by atoms with Crippen molar-refractivity contribution in [3.63, 3.8) is 0 Å². The molecular weight excluding hydrogens is 278 g/mol. The Balaban J connectivity index is 1.70. The summed E-state index contributed by atoms with van der Waals surface area (Å²) in [5.74, 6) is 1.05. The zero-order chi connectivity index (χ0) is 13.2. The van der Waals surface area contributed by atoms with Gasteiger partial charge in [0.15, 0.2) is 0 Å². The smallest absolute Gasteiger partial charge is 0.105 e. The average molecular weight is 293 g/mol. The second kappa shape index (κ2) is 5.76. The molecule has 2 fully saturated rings. The Labute approximate surface area is 121 Å². The molecule has 19 heavy (non-hydrogen) atoms. The van der Waals surface area contributed by atoms with E-state index in [-0.39, 0.29) is 12.2 Å². The lowest BCUT2D eigenvalue weighted by Gasteiger charge is -2.29. The lowest BCUT2D eigenvalue weighted by Crippen LogP contribution is -2.34. The van der Waals surface area contributed by atoms with Crippen molar-refractivity contribution in [2.45, 2.75) is 34.2 Å². The van der Waals surface area contributed by atoms with Crippen molar-refractivity contribution in [3.05, 3.63) is 29.8 Å². The second-order valence-corrected chi connectivity index (χ2v) is 7.38. The van der Waals surface area contributed by atoms with Crippen molar-refractivity contribution < 1.29 is 9.47 Å². The first-order valence-corrected chi connectivity index (χ1v) is 8.19. The first-order chi connectivity index (χ1) is 9.30. The zero-order valence-corrected chi connectivity index (χ0v) is 12.2. The van der Waals surface area contributed by atoms with Gasteiger partial charge in [-0.3, -0.25) is 0 Å². The molecule has 100 valence electrons. The molecule has 0 radical (unpaired) electrons. The maximum Gasteiger partial charge on any atom is 0.105 e. The molecule has 2 aliphatic heterocycles. The van der Waals surface area contributed by atoms with Crippen LogP contribution in [0.25, 0.3) is 0 Å². The number of rotatable bonds is 3. The highest BCUT2D eigenvalue weighted by atomic mass is 32.2. The van der Waals surface area contributed by atoms with Gasteiger partial charge in [-0.2, -0.15) is 5.26 Å². The molecule has 0 aliphatic carbocycles. The van der Waals surface area contributed by atoms with Crippen LogP contribution in [0.1, 0.15) is 12.0 Å². The van der Waals surface area contributed by atoms with Gasteiger partial charge in [0.1, 0.15) is 6.10 Å². The number of ether oxygens (including phenoxy) is 2. The van der Waals surface area contributed by atoms with Crippen molar-refractivity contribution in [1.82, 2.24) is 0 Å². The number of hydrogen-bond donors (Lipinski definition) is 0. The summed E-state index contributed by atoms with van der Waals surface area (Å²) >= 11 is 3.77. The van der Waals surface area contributed by atoms with Crippen LogP contribution in [-0.2, 0) is 9.47 Å². The van der Waals surface area contributed by atoms with Crippen molar-refractivity contribution in [2.24, 2.45) is 0 Å². The molecule has 0 N–H and O–H groups in total. The number of nitrogens with zero attached hydrogens (tertiary/aromatic N) is 1. The summed E-state index contributed by atoms with van der Waals surface area (Å²) in [6.07, 6.45) is 1.77. The summed E-state index contributed by atoms with van der Waals surface area (Å²) in [5, 5.41) is 8.80. The van der Waals surface area contributed by atoms with Gasteiger partial charge in [0, 0.05) is 24.2 Å². The number of fused-ring (bicyclic) bond motifs is 2. The average Bonchev–Trinajstić information content (AvgIpc) is 2.80. The Bertz CT molecular complexity index is 485. The molecule has 3 nitrogen and oxygen atoms in total. The molecule has 2 saturated heterocycles. The van der Waals surface area contributed by atoms with E-state index in [1.54, 1.807) is 7.11 Å². The van der Waals surface area contributed by atoms with E-state index in [1.807, 2.05) is 47.8 Å². The largest absolute Gasteiger partial charge is 0.379 e. The highest BCUT2D eigenvalue weighted by Gasteiger charge is 2.45. The second-order valence-electron chi connectivity index (χ2n) is 4.69. The van der Waals surface area contributed by atoms with Gasteiger partial charge in [0.2, 0.25) is 0 Å². The summed E-state index contributed by atoms with van der Waals surface area (Å²) in [7, 11) is 1.77. The molecule has 0 aromatic heterocycles. The Hall–Kier alpha value is -0.670. The fraction of sp³-hybridized carbons (Fsp3) is 0.500. The van der Waals surface area contributed by atoms with Gasteiger partial charge < -0.3 is 9.47 Å². The first kappa shape index (κ1) is 13.3. The van der Waals surface area contributed by atoms with Crippen LogP contribution in [0.5, 0.6) is 0 Å². The SMILES string of the molecule is CO[C@H]1C[C@H]2CS[C@H](Sc3ccc(C#N)cc3)[C@H]1O2. The minimum atomic E-state index is 0.175. The van der Waals surface area contributed by atoms with Gasteiger partial charge in [-0.15, -0.1) is 23.5 Å². The van der Waals surface area contributed by atoms with Crippen LogP contribution in [0.15, 0.2) is 29.2 Å². The standard InChI is InChI=1S/C14H15NO2S2/c1-16-12-6-10-8-18-14(13(12)17-10)19-11-4-2-9(7-15)3-5-11/h2-5,10,12-14H,6,8H2,1H3/t10-,12-,13-,14+/m0/s1. The number of nitriles is 1. The molecule has 0 amide bonds. The molecule has 2 heterocycles. The van der Waals surface area contributed by atoms with Crippen molar-refractivity contribution in [2.75, 3.05) is 12.9 Å².